The molecule has 0 nitrogen and oxygen atoms in total. The highest BCUT2D eigenvalue weighted by molar-refractivity contribution is 5.65. The van der Waals surface area contributed by atoms with Crippen LogP contribution in [0.15, 0.2) is 42.5 Å². The van der Waals surface area contributed by atoms with E-state index in [1.165, 1.54) is 50.5 Å². The number of halogens is 1. The third-order valence-electron chi connectivity index (χ3n) is 5.94. The van der Waals surface area contributed by atoms with Gasteiger partial charge >= 0.3 is 0 Å². The number of rotatable bonds is 12. The zero-order chi connectivity index (χ0) is 20.4. The standard InChI is InChI=1S/C27H39F/c1-5-9-21(4)12-8-13-22-14-19-26(27(28)20-22)25-17-15-24(16-18-25)23(10-6-2)11-7-3/h14-21,23H,5-13H2,1-4H3. The van der Waals surface area contributed by atoms with Crippen molar-refractivity contribution in [2.75, 3.05) is 0 Å². The molecular formula is C27H39F. The molecule has 2 aromatic carbocycles. The SMILES string of the molecule is CCCC(C)CCCc1ccc(-c2ccc(C(CCC)CCC)cc2)c(F)c1. The summed E-state index contributed by atoms with van der Waals surface area (Å²) in [5, 5.41) is 0. The average Bonchev–Trinajstić information content (AvgIpc) is 2.68. The fourth-order valence-corrected chi connectivity index (χ4v) is 4.35. The van der Waals surface area contributed by atoms with Crippen molar-refractivity contribution >= 4 is 0 Å². The predicted octanol–water partition coefficient (Wildman–Crippen LogP) is 8.94. The highest BCUT2D eigenvalue weighted by Crippen LogP contribution is 2.30. The summed E-state index contributed by atoms with van der Waals surface area (Å²) in [5.41, 5.74) is 4.21. The lowest BCUT2D eigenvalue weighted by Crippen LogP contribution is -1.98. The maximum atomic E-state index is 14.7. The Labute approximate surface area is 172 Å². The summed E-state index contributed by atoms with van der Waals surface area (Å²) in [4.78, 5) is 0. The Bertz CT molecular complexity index is 680. The van der Waals surface area contributed by atoms with Gasteiger partial charge in [-0.05, 0) is 60.3 Å². The third kappa shape index (κ3) is 6.76. The van der Waals surface area contributed by atoms with Gasteiger partial charge in [-0.25, -0.2) is 4.39 Å². The molecule has 0 radical (unpaired) electrons. The zero-order valence-corrected chi connectivity index (χ0v) is 18.4. The van der Waals surface area contributed by atoms with E-state index in [2.05, 4.69) is 58.0 Å². The summed E-state index contributed by atoms with van der Waals surface area (Å²) in [7, 11) is 0. The maximum Gasteiger partial charge on any atom is 0.131 e. The summed E-state index contributed by atoms with van der Waals surface area (Å²) >= 11 is 0. The second kappa shape index (κ2) is 12.0. The molecule has 0 aliphatic rings. The molecule has 0 saturated heterocycles. The molecule has 0 aromatic heterocycles. The van der Waals surface area contributed by atoms with Gasteiger partial charge in [-0.3, -0.25) is 0 Å². The molecule has 28 heavy (non-hydrogen) atoms. The highest BCUT2D eigenvalue weighted by Gasteiger charge is 2.11. The Hall–Kier alpha value is -1.63. The molecule has 0 fully saturated rings. The van der Waals surface area contributed by atoms with E-state index in [1.807, 2.05) is 6.07 Å². The van der Waals surface area contributed by atoms with Crippen LogP contribution in [0.2, 0.25) is 0 Å². The lowest BCUT2D eigenvalue weighted by Gasteiger charge is -2.16. The zero-order valence-electron chi connectivity index (χ0n) is 18.4. The monoisotopic (exact) mass is 382 g/mol. The van der Waals surface area contributed by atoms with E-state index in [0.717, 1.165) is 35.4 Å². The van der Waals surface area contributed by atoms with Gasteiger partial charge in [0, 0.05) is 5.56 Å². The van der Waals surface area contributed by atoms with Crippen LogP contribution >= 0.6 is 0 Å². The fraction of sp³-hybridized carbons (Fsp3) is 0.556. The lowest BCUT2D eigenvalue weighted by atomic mass is 9.89. The molecule has 0 spiro atoms. The van der Waals surface area contributed by atoms with Crippen LogP contribution in [0.5, 0.6) is 0 Å². The fourth-order valence-electron chi connectivity index (χ4n) is 4.35. The Morgan fingerprint density at radius 1 is 0.786 bits per heavy atom. The normalized spacial score (nSPS) is 12.5. The van der Waals surface area contributed by atoms with Crippen molar-refractivity contribution in [3.63, 3.8) is 0 Å². The Balaban J connectivity index is 2.03. The molecule has 0 heterocycles. The van der Waals surface area contributed by atoms with Crippen molar-refractivity contribution in [3.8, 4) is 11.1 Å². The minimum Gasteiger partial charge on any atom is -0.206 e. The van der Waals surface area contributed by atoms with Gasteiger partial charge in [0.2, 0.25) is 0 Å². The Morgan fingerprint density at radius 2 is 1.43 bits per heavy atom. The minimum atomic E-state index is -0.0921. The molecule has 1 atom stereocenters. The number of hydrogen-bond donors (Lipinski definition) is 0. The van der Waals surface area contributed by atoms with Crippen molar-refractivity contribution in [3.05, 3.63) is 59.4 Å². The molecule has 1 unspecified atom stereocenters. The first kappa shape index (κ1) is 22.7. The molecule has 0 aliphatic heterocycles. The van der Waals surface area contributed by atoms with E-state index in [4.69, 9.17) is 0 Å². The minimum absolute atomic E-state index is 0.0921. The van der Waals surface area contributed by atoms with E-state index < -0.39 is 0 Å². The molecule has 154 valence electrons. The van der Waals surface area contributed by atoms with Crippen LogP contribution in [0.3, 0.4) is 0 Å². The molecular weight excluding hydrogens is 343 g/mol. The molecule has 0 bridgehead atoms. The largest absolute Gasteiger partial charge is 0.206 e. The van der Waals surface area contributed by atoms with Crippen LogP contribution < -0.4 is 0 Å². The number of aryl methyl sites for hydroxylation is 1. The molecule has 2 rings (SSSR count). The summed E-state index contributed by atoms with van der Waals surface area (Å²) in [6.45, 7) is 9.06. The van der Waals surface area contributed by atoms with Gasteiger partial charge in [-0.1, -0.05) is 96.2 Å². The molecule has 0 amide bonds. The smallest absolute Gasteiger partial charge is 0.131 e. The Morgan fingerprint density at radius 3 is 2.00 bits per heavy atom. The first-order chi connectivity index (χ1) is 13.6. The van der Waals surface area contributed by atoms with E-state index in [9.17, 15) is 4.39 Å². The van der Waals surface area contributed by atoms with Gasteiger partial charge in [-0.2, -0.15) is 0 Å². The molecule has 0 saturated carbocycles. The summed E-state index contributed by atoms with van der Waals surface area (Å²) in [5.74, 6) is 1.31. The topological polar surface area (TPSA) is 0 Å². The third-order valence-corrected chi connectivity index (χ3v) is 5.94. The van der Waals surface area contributed by atoms with E-state index in [0.29, 0.717) is 5.92 Å². The Kier molecular flexibility index (Phi) is 9.75. The van der Waals surface area contributed by atoms with E-state index >= 15 is 0 Å². The van der Waals surface area contributed by atoms with E-state index in [-0.39, 0.29) is 5.82 Å². The second-order valence-electron chi connectivity index (χ2n) is 8.50. The van der Waals surface area contributed by atoms with Gasteiger partial charge in [0.25, 0.3) is 0 Å². The molecule has 2 aromatic rings. The van der Waals surface area contributed by atoms with Crippen LogP contribution in [0.1, 0.15) is 96.1 Å². The van der Waals surface area contributed by atoms with Crippen LogP contribution in [-0.4, -0.2) is 0 Å². The van der Waals surface area contributed by atoms with Crippen LogP contribution in [0, 0.1) is 11.7 Å². The van der Waals surface area contributed by atoms with Gasteiger partial charge < -0.3 is 0 Å². The summed E-state index contributed by atoms with van der Waals surface area (Å²) < 4.78 is 14.7. The summed E-state index contributed by atoms with van der Waals surface area (Å²) in [6.07, 6.45) is 10.8. The van der Waals surface area contributed by atoms with Gasteiger partial charge in [0.05, 0.1) is 0 Å². The van der Waals surface area contributed by atoms with Crippen LogP contribution in [0.25, 0.3) is 11.1 Å². The van der Waals surface area contributed by atoms with Crippen molar-refractivity contribution in [2.24, 2.45) is 5.92 Å². The summed E-state index contributed by atoms with van der Waals surface area (Å²) in [6, 6.07) is 14.4. The van der Waals surface area contributed by atoms with Gasteiger partial charge in [0.15, 0.2) is 0 Å². The average molecular weight is 383 g/mol. The molecule has 0 aliphatic carbocycles. The first-order valence-electron chi connectivity index (χ1n) is 11.5. The van der Waals surface area contributed by atoms with Crippen molar-refractivity contribution in [1.82, 2.24) is 0 Å². The second-order valence-corrected chi connectivity index (χ2v) is 8.50. The lowest BCUT2D eigenvalue weighted by molar-refractivity contribution is 0.469. The van der Waals surface area contributed by atoms with Gasteiger partial charge in [0.1, 0.15) is 5.82 Å². The van der Waals surface area contributed by atoms with Crippen LogP contribution in [0.4, 0.5) is 4.39 Å². The quantitative estimate of drug-likeness (QED) is 0.343. The first-order valence-corrected chi connectivity index (χ1v) is 11.5. The predicted molar refractivity (Wildman–Crippen MR) is 121 cm³/mol. The highest BCUT2D eigenvalue weighted by atomic mass is 19.1. The number of benzene rings is 2. The molecule has 1 heteroatoms. The van der Waals surface area contributed by atoms with Gasteiger partial charge in [-0.15, -0.1) is 0 Å². The van der Waals surface area contributed by atoms with Crippen molar-refractivity contribution in [2.45, 2.75) is 91.4 Å². The van der Waals surface area contributed by atoms with Crippen LogP contribution in [-0.2, 0) is 6.42 Å². The van der Waals surface area contributed by atoms with Crippen molar-refractivity contribution < 1.29 is 4.39 Å². The van der Waals surface area contributed by atoms with E-state index in [1.54, 1.807) is 6.07 Å². The number of hydrogen-bond acceptors (Lipinski definition) is 0. The van der Waals surface area contributed by atoms with Crippen molar-refractivity contribution in [1.29, 1.82) is 0 Å². The molecule has 0 N–H and O–H groups in total. The maximum absolute atomic E-state index is 14.7.